The van der Waals surface area contributed by atoms with Gasteiger partial charge in [0, 0.05) is 19.7 Å². The van der Waals surface area contributed by atoms with E-state index in [0.29, 0.717) is 15.8 Å². The maximum absolute atomic E-state index is 6.07. The van der Waals surface area contributed by atoms with Gasteiger partial charge in [0.25, 0.3) is 0 Å². The molecule has 2 nitrogen and oxygen atoms in total. The van der Waals surface area contributed by atoms with Gasteiger partial charge in [-0.3, -0.25) is 0 Å². The summed E-state index contributed by atoms with van der Waals surface area (Å²) in [4.78, 5) is 2.02. The molecule has 1 aromatic rings. The molecule has 14 heavy (non-hydrogen) atoms. The molecule has 1 aromatic carbocycles. The van der Waals surface area contributed by atoms with Crippen LogP contribution in [0, 0.1) is 0 Å². The molecule has 1 rings (SSSR count). The van der Waals surface area contributed by atoms with Gasteiger partial charge in [-0.1, -0.05) is 23.2 Å². The van der Waals surface area contributed by atoms with Crippen molar-refractivity contribution in [1.82, 2.24) is 0 Å². The van der Waals surface area contributed by atoms with Gasteiger partial charge in [-0.25, -0.2) is 0 Å². The number of anilines is 1. The molecule has 0 bridgehead atoms. The zero-order valence-corrected chi connectivity index (χ0v) is 9.99. The minimum Gasteiger partial charge on any atom is -0.495 e. The molecule has 0 amide bonds. The largest absolute Gasteiger partial charge is 0.495 e. The van der Waals surface area contributed by atoms with E-state index in [0.717, 1.165) is 12.2 Å². The van der Waals surface area contributed by atoms with E-state index < -0.39 is 0 Å². The fourth-order valence-corrected chi connectivity index (χ4v) is 1.67. The number of rotatable bonds is 3. The van der Waals surface area contributed by atoms with Crippen LogP contribution in [-0.4, -0.2) is 20.7 Å². The Morgan fingerprint density at radius 2 is 1.93 bits per heavy atom. The number of halogens is 2. The van der Waals surface area contributed by atoms with E-state index in [-0.39, 0.29) is 0 Å². The van der Waals surface area contributed by atoms with Crippen molar-refractivity contribution in [3.8, 4) is 5.75 Å². The van der Waals surface area contributed by atoms with Crippen molar-refractivity contribution in [1.29, 1.82) is 0 Å². The Hall–Kier alpha value is -0.600. The highest BCUT2D eigenvalue weighted by atomic mass is 35.5. The Kier molecular flexibility index (Phi) is 3.90. The lowest BCUT2D eigenvalue weighted by atomic mass is 10.2. The lowest BCUT2D eigenvalue weighted by Crippen LogP contribution is -2.16. The highest BCUT2D eigenvalue weighted by molar-refractivity contribution is 6.36. The number of ether oxygens (including phenoxy) is 1. The summed E-state index contributed by atoms with van der Waals surface area (Å²) in [6.07, 6.45) is 0. The van der Waals surface area contributed by atoms with E-state index in [1.807, 2.05) is 18.0 Å². The first-order valence-corrected chi connectivity index (χ1v) is 5.10. The predicted molar refractivity (Wildman–Crippen MR) is 62.0 cm³/mol. The highest BCUT2D eigenvalue weighted by Crippen LogP contribution is 2.35. The van der Waals surface area contributed by atoms with E-state index in [9.17, 15) is 0 Å². The maximum Gasteiger partial charge on any atom is 0.139 e. The summed E-state index contributed by atoms with van der Waals surface area (Å²) >= 11 is 12.1. The second kappa shape index (κ2) is 4.76. The van der Waals surface area contributed by atoms with Crippen LogP contribution >= 0.6 is 23.2 Å². The summed E-state index contributed by atoms with van der Waals surface area (Å²) < 4.78 is 5.06. The number of hydrogen-bond acceptors (Lipinski definition) is 2. The number of hydrogen-bond donors (Lipinski definition) is 0. The van der Waals surface area contributed by atoms with Gasteiger partial charge in [0.1, 0.15) is 5.75 Å². The van der Waals surface area contributed by atoms with E-state index in [1.165, 1.54) is 0 Å². The molecule has 78 valence electrons. The van der Waals surface area contributed by atoms with Gasteiger partial charge >= 0.3 is 0 Å². The van der Waals surface area contributed by atoms with E-state index in [1.54, 1.807) is 13.2 Å². The quantitative estimate of drug-likeness (QED) is 0.794. The molecule has 0 atom stereocenters. The topological polar surface area (TPSA) is 12.5 Å². The van der Waals surface area contributed by atoms with Crippen LogP contribution in [0.1, 0.15) is 6.92 Å². The molecule has 0 N–H and O–H groups in total. The predicted octanol–water partition coefficient (Wildman–Crippen LogP) is 3.46. The van der Waals surface area contributed by atoms with Crippen molar-refractivity contribution >= 4 is 28.9 Å². The van der Waals surface area contributed by atoms with E-state index >= 15 is 0 Å². The first-order valence-electron chi connectivity index (χ1n) is 4.34. The zero-order chi connectivity index (χ0) is 10.7. The Labute approximate surface area is 94.4 Å². The van der Waals surface area contributed by atoms with Crippen molar-refractivity contribution in [2.45, 2.75) is 6.92 Å². The fraction of sp³-hybridized carbons (Fsp3) is 0.400. The summed E-state index contributed by atoms with van der Waals surface area (Å²) in [6.45, 7) is 2.93. The molecule has 0 aromatic heterocycles. The van der Waals surface area contributed by atoms with Gasteiger partial charge in [0.2, 0.25) is 0 Å². The van der Waals surface area contributed by atoms with Crippen molar-refractivity contribution in [3.05, 3.63) is 22.2 Å². The Balaban J connectivity index is 3.14. The average Bonchev–Trinajstić information content (AvgIpc) is 2.19. The van der Waals surface area contributed by atoms with Crippen molar-refractivity contribution in [2.24, 2.45) is 0 Å². The van der Waals surface area contributed by atoms with Crippen molar-refractivity contribution in [3.63, 3.8) is 0 Å². The van der Waals surface area contributed by atoms with Crippen LogP contribution in [0.25, 0.3) is 0 Å². The van der Waals surface area contributed by atoms with Crippen LogP contribution in [0.5, 0.6) is 5.75 Å². The zero-order valence-electron chi connectivity index (χ0n) is 8.47. The van der Waals surface area contributed by atoms with E-state index in [4.69, 9.17) is 27.9 Å². The summed E-state index contributed by atoms with van der Waals surface area (Å²) in [5, 5.41) is 1.22. The Morgan fingerprint density at radius 1 is 1.29 bits per heavy atom. The van der Waals surface area contributed by atoms with Gasteiger partial charge in [0.05, 0.1) is 22.8 Å². The fourth-order valence-electron chi connectivity index (χ4n) is 1.14. The molecule has 0 spiro atoms. The van der Waals surface area contributed by atoms with Gasteiger partial charge in [-0.05, 0) is 13.0 Å². The third-order valence-corrected chi connectivity index (χ3v) is 2.70. The van der Waals surface area contributed by atoms with Crippen LogP contribution in [0.2, 0.25) is 10.0 Å². The lowest BCUT2D eigenvalue weighted by molar-refractivity contribution is 0.415. The smallest absolute Gasteiger partial charge is 0.139 e. The Bertz CT molecular complexity index is 328. The summed E-state index contributed by atoms with van der Waals surface area (Å²) in [7, 11) is 3.53. The van der Waals surface area contributed by atoms with Gasteiger partial charge < -0.3 is 9.64 Å². The summed E-state index contributed by atoms with van der Waals surface area (Å²) in [5.41, 5.74) is 0.917. The van der Waals surface area contributed by atoms with Crippen molar-refractivity contribution in [2.75, 3.05) is 25.6 Å². The minimum atomic E-state index is 0.576. The number of nitrogens with zero attached hydrogens (tertiary/aromatic N) is 1. The normalized spacial score (nSPS) is 10.1. The van der Waals surface area contributed by atoms with Gasteiger partial charge in [-0.15, -0.1) is 0 Å². The Morgan fingerprint density at radius 3 is 2.43 bits per heavy atom. The maximum atomic E-state index is 6.07. The van der Waals surface area contributed by atoms with E-state index in [2.05, 4.69) is 6.92 Å². The van der Waals surface area contributed by atoms with Crippen LogP contribution in [0.15, 0.2) is 12.1 Å². The van der Waals surface area contributed by atoms with Crippen LogP contribution < -0.4 is 9.64 Å². The monoisotopic (exact) mass is 233 g/mol. The molecule has 0 saturated carbocycles. The molecule has 4 heteroatoms. The molecule has 0 aliphatic carbocycles. The number of benzene rings is 1. The van der Waals surface area contributed by atoms with Gasteiger partial charge in [-0.2, -0.15) is 0 Å². The summed E-state index contributed by atoms with van der Waals surface area (Å²) in [5.74, 6) is 0.602. The third-order valence-electron chi connectivity index (χ3n) is 2.11. The number of methoxy groups -OCH3 is 1. The first kappa shape index (κ1) is 11.5. The molecule has 0 saturated heterocycles. The average molecular weight is 234 g/mol. The summed E-state index contributed by atoms with van der Waals surface area (Å²) in [6, 6.07) is 3.54. The SMILES string of the molecule is CCN(C)c1cc(Cl)c(OC)cc1Cl. The molecule has 0 radical (unpaired) electrons. The molecule has 0 heterocycles. The molecule has 0 aliphatic heterocycles. The highest BCUT2D eigenvalue weighted by Gasteiger charge is 2.09. The first-order chi connectivity index (χ1) is 6.60. The van der Waals surface area contributed by atoms with Crippen LogP contribution in [0.3, 0.4) is 0 Å². The second-order valence-corrected chi connectivity index (χ2v) is 3.77. The third kappa shape index (κ3) is 2.25. The van der Waals surface area contributed by atoms with Crippen molar-refractivity contribution < 1.29 is 4.74 Å². The van der Waals surface area contributed by atoms with Crippen LogP contribution in [-0.2, 0) is 0 Å². The lowest BCUT2D eigenvalue weighted by Gasteiger charge is -2.19. The standard InChI is InChI=1S/C10H13Cl2NO/c1-4-13(2)9-5-8(12)10(14-3)6-7(9)11/h5-6H,4H2,1-3H3. The van der Waals surface area contributed by atoms with Crippen LogP contribution in [0.4, 0.5) is 5.69 Å². The molecule has 0 fully saturated rings. The molecule has 0 aliphatic rings. The second-order valence-electron chi connectivity index (χ2n) is 2.95. The molecule has 0 unspecified atom stereocenters. The molecular formula is C10H13Cl2NO. The van der Waals surface area contributed by atoms with Gasteiger partial charge in [0.15, 0.2) is 0 Å². The molecular weight excluding hydrogens is 221 g/mol. The minimum absolute atomic E-state index is 0.576.